The summed E-state index contributed by atoms with van der Waals surface area (Å²) in [5, 5.41) is 6.67. The number of benzene rings is 2. The van der Waals surface area contributed by atoms with Gasteiger partial charge >= 0.3 is 0 Å². The summed E-state index contributed by atoms with van der Waals surface area (Å²) in [4.78, 5) is 0. The first-order chi connectivity index (χ1) is 10.1. The molecule has 1 heterocycles. The Hall–Kier alpha value is -2.39. The van der Waals surface area contributed by atoms with Crippen molar-refractivity contribution in [1.29, 1.82) is 0 Å². The van der Waals surface area contributed by atoms with Crippen LogP contribution in [0.15, 0.2) is 77.9 Å². The lowest BCUT2D eigenvalue weighted by Crippen LogP contribution is -2.51. The second kappa shape index (κ2) is 5.54. The highest BCUT2D eigenvalue weighted by Gasteiger charge is 2.27. The zero-order chi connectivity index (χ0) is 14.7. The van der Waals surface area contributed by atoms with Gasteiger partial charge in [-0.1, -0.05) is 60.7 Å². The number of hydrogen-bond donors (Lipinski definition) is 1. The maximum atomic E-state index is 6.34. The first kappa shape index (κ1) is 13.6. The highest BCUT2D eigenvalue weighted by Crippen LogP contribution is 2.21. The van der Waals surface area contributed by atoms with Gasteiger partial charge in [-0.05, 0) is 24.6 Å². The van der Waals surface area contributed by atoms with Crippen LogP contribution in [0.2, 0.25) is 0 Å². The van der Waals surface area contributed by atoms with Crippen LogP contribution in [0.1, 0.15) is 18.1 Å². The molecule has 2 N–H and O–H groups in total. The summed E-state index contributed by atoms with van der Waals surface area (Å²) in [6.07, 6.45) is 4.00. The lowest BCUT2D eigenvalue weighted by atomic mass is 10.0. The summed E-state index contributed by atoms with van der Waals surface area (Å²) in [5.74, 6) is 0. The van der Waals surface area contributed by atoms with Crippen molar-refractivity contribution in [1.82, 2.24) is 5.01 Å². The van der Waals surface area contributed by atoms with Gasteiger partial charge in [-0.3, -0.25) is 5.01 Å². The molecule has 2 aromatic rings. The smallest absolute Gasteiger partial charge is 0.122 e. The molecular formula is C18H19N3. The lowest BCUT2D eigenvalue weighted by molar-refractivity contribution is 0.146. The quantitative estimate of drug-likeness (QED) is 0.936. The van der Waals surface area contributed by atoms with Crippen molar-refractivity contribution < 1.29 is 0 Å². The molecule has 0 radical (unpaired) electrons. The summed E-state index contributed by atoms with van der Waals surface area (Å²) < 4.78 is 0. The van der Waals surface area contributed by atoms with Gasteiger partial charge in [-0.25, -0.2) is 0 Å². The molecular weight excluding hydrogens is 258 g/mol. The molecule has 0 amide bonds. The molecule has 0 bridgehead atoms. The van der Waals surface area contributed by atoms with E-state index in [1.165, 1.54) is 5.56 Å². The minimum atomic E-state index is -0.575. The van der Waals surface area contributed by atoms with E-state index in [0.29, 0.717) is 6.54 Å². The van der Waals surface area contributed by atoms with E-state index in [4.69, 9.17) is 10.8 Å². The predicted molar refractivity (Wildman–Crippen MR) is 86.7 cm³/mol. The molecule has 3 rings (SSSR count). The van der Waals surface area contributed by atoms with Crippen LogP contribution in [0.5, 0.6) is 0 Å². The van der Waals surface area contributed by atoms with Crippen LogP contribution in [0.3, 0.4) is 0 Å². The minimum Gasteiger partial charge on any atom is -0.304 e. The predicted octanol–water partition coefficient (Wildman–Crippen LogP) is 3.14. The summed E-state index contributed by atoms with van der Waals surface area (Å²) in [7, 11) is 0. The monoisotopic (exact) mass is 277 g/mol. The molecule has 3 heteroatoms. The van der Waals surface area contributed by atoms with Crippen molar-refractivity contribution >= 4 is 5.71 Å². The second-order valence-corrected chi connectivity index (χ2v) is 5.45. The summed E-state index contributed by atoms with van der Waals surface area (Å²) in [6, 6.07) is 20.4. The van der Waals surface area contributed by atoms with Gasteiger partial charge in [0, 0.05) is 5.56 Å². The van der Waals surface area contributed by atoms with Gasteiger partial charge in [-0.2, -0.15) is 5.10 Å². The van der Waals surface area contributed by atoms with Crippen LogP contribution in [0.4, 0.5) is 0 Å². The van der Waals surface area contributed by atoms with Gasteiger partial charge in [0.2, 0.25) is 0 Å². The third-order valence-corrected chi connectivity index (χ3v) is 3.61. The van der Waals surface area contributed by atoms with E-state index in [1.54, 1.807) is 0 Å². The van der Waals surface area contributed by atoms with Crippen molar-refractivity contribution in [2.75, 3.05) is 0 Å². The van der Waals surface area contributed by atoms with E-state index in [1.807, 2.05) is 60.5 Å². The van der Waals surface area contributed by atoms with Crippen molar-refractivity contribution in [3.63, 3.8) is 0 Å². The maximum absolute atomic E-state index is 6.34. The third kappa shape index (κ3) is 3.03. The Labute approximate surface area is 125 Å². The van der Waals surface area contributed by atoms with Gasteiger partial charge in [0.1, 0.15) is 5.66 Å². The van der Waals surface area contributed by atoms with Gasteiger partial charge < -0.3 is 5.73 Å². The van der Waals surface area contributed by atoms with Crippen molar-refractivity contribution in [2.24, 2.45) is 10.8 Å². The van der Waals surface area contributed by atoms with Crippen LogP contribution in [-0.4, -0.2) is 16.4 Å². The van der Waals surface area contributed by atoms with Gasteiger partial charge in [0.25, 0.3) is 0 Å². The van der Waals surface area contributed by atoms with E-state index in [-0.39, 0.29) is 0 Å². The molecule has 0 saturated heterocycles. The van der Waals surface area contributed by atoms with Crippen LogP contribution in [0.25, 0.3) is 0 Å². The molecule has 1 atom stereocenters. The molecule has 0 aromatic heterocycles. The Morgan fingerprint density at radius 3 is 2.29 bits per heavy atom. The first-order valence-electron chi connectivity index (χ1n) is 7.09. The van der Waals surface area contributed by atoms with Crippen molar-refractivity contribution in [3.05, 3.63) is 83.9 Å². The van der Waals surface area contributed by atoms with E-state index >= 15 is 0 Å². The molecule has 106 valence electrons. The summed E-state index contributed by atoms with van der Waals surface area (Å²) >= 11 is 0. The lowest BCUT2D eigenvalue weighted by Gasteiger charge is -2.36. The van der Waals surface area contributed by atoms with E-state index in [0.717, 1.165) is 11.3 Å². The van der Waals surface area contributed by atoms with Crippen LogP contribution in [0, 0.1) is 0 Å². The molecule has 0 saturated carbocycles. The van der Waals surface area contributed by atoms with E-state index in [2.05, 4.69) is 24.3 Å². The molecule has 1 aliphatic rings. The van der Waals surface area contributed by atoms with Crippen LogP contribution < -0.4 is 5.73 Å². The largest absolute Gasteiger partial charge is 0.304 e. The topological polar surface area (TPSA) is 41.6 Å². The van der Waals surface area contributed by atoms with Crippen molar-refractivity contribution in [2.45, 2.75) is 19.1 Å². The zero-order valence-electron chi connectivity index (χ0n) is 12.1. The molecule has 0 fully saturated rings. The maximum Gasteiger partial charge on any atom is 0.122 e. The number of nitrogens with zero attached hydrogens (tertiary/aromatic N) is 2. The summed E-state index contributed by atoms with van der Waals surface area (Å²) in [5.41, 5.74) is 9.00. The Kier molecular flexibility index (Phi) is 3.59. The Morgan fingerprint density at radius 1 is 1.00 bits per heavy atom. The molecule has 0 spiro atoms. The molecule has 1 aliphatic heterocycles. The Morgan fingerprint density at radius 2 is 1.62 bits per heavy atom. The van der Waals surface area contributed by atoms with Gasteiger partial charge in [0.15, 0.2) is 0 Å². The minimum absolute atomic E-state index is 0.575. The van der Waals surface area contributed by atoms with Gasteiger partial charge in [0.05, 0.1) is 12.3 Å². The fourth-order valence-corrected chi connectivity index (χ4v) is 2.33. The van der Waals surface area contributed by atoms with Crippen molar-refractivity contribution in [3.8, 4) is 0 Å². The van der Waals surface area contributed by atoms with E-state index < -0.39 is 5.66 Å². The fourth-order valence-electron chi connectivity index (χ4n) is 2.33. The Balaban J connectivity index is 1.90. The zero-order valence-corrected chi connectivity index (χ0v) is 12.1. The molecule has 1 unspecified atom stereocenters. The van der Waals surface area contributed by atoms with Crippen LogP contribution >= 0.6 is 0 Å². The Bertz CT molecular complexity index is 657. The third-order valence-electron chi connectivity index (χ3n) is 3.61. The molecule has 21 heavy (non-hydrogen) atoms. The highest BCUT2D eigenvalue weighted by molar-refractivity contribution is 6.09. The van der Waals surface area contributed by atoms with Gasteiger partial charge in [-0.15, -0.1) is 0 Å². The number of hydrazone groups is 1. The van der Waals surface area contributed by atoms with E-state index in [9.17, 15) is 0 Å². The molecule has 2 aromatic carbocycles. The average molecular weight is 277 g/mol. The number of allylic oxidation sites excluding steroid dienone is 1. The number of nitrogens with two attached hydrogens (primary N) is 1. The normalized spacial score (nSPS) is 21.2. The fraction of sp³-hybridized carbons (Fsp3) is 0.167. The number of hydrogen-bond acceptors (Lipinski definition) is 3. The second-order valence-electron chi connectivity index (χ2n) is 5.45. The molecule has 0 aliphatic carbocycles. The van der Waals surface area contributed by atoms with Crippen LogP contribution in [-0.2, 0) is 6.54 Å². The molecule has 3 nitrogen and oxygen atoms in total. The summed E-state index contributed by atoms with van der Waals surface area (Å²) in [6.45, 7) is 2.66. The highest BCUT2D eigenvalue weighted by atomic mass is 15.5. The SMILES string of the molecule is CC1(N)C=CC(c2ccccc2)=NN1Cc1ccccc1. The average Bonchev–Trinajstić information content (AvgIpc) is 2.51. The standard InChI is InChI=1S/C18H19N3/c1-18(19)13-12-17(16-10-6-3-7-11-16)20-21(18)14-15-8-4-2-5-9-15/h2-13H,14,19H2,1H3. The number of rotatable bonds is 3. The first-order valence-corrected chi connectivity index (χ1v) is 7.09.